The Kier molecular flexibility index (Phi) is 3.94. The molecular formula is C12H15NS2. The molecule has 3 heteroatoms. The average molecular weight is 237 g/mol. The van der Waals surface area contributed by atoms with Crippen molar-refractivity contribution in [2.45, 2.75) is 19.4 Å². The van der Waals surface area contributed by atoms with E-state index < -0.39 is 0 Å². The van der Waals surface area contributed by atoms with E-state index in [9.17, 15) is 0 Å². The van der Waals surface area contributed by atoms with E-state index in [1.807, 2.05) is 0 Å². The maximum absolute atomic E-state index is 3.59. The molecular weight excluding hydrogens is 222 g/mol. The van der Waals surface area contributed by atoms with Gasteiger partial charge in [-0.15, -0.1) is 0 Å². The molecule has 0 atom stereocenters. The molecule has 0 bridgehead atoms. The van der Waals surface area contributed by atoms with Crippen LogP contribution in [0.3, 0.4) is 0 Å². The second-order valence-electron chi connectivity index (χ2n) is 3.50. The monoisotopic (exact) mass is 237 g/mol. The Hall–Kier alpha value is -0.640. The van der Waals surface area contributed by atoms with E-state index in [1.165, 1.54) is 17.5 Å². The number of hydrogen-bond donors (Lipinski definition) is 1. The number of hydrogen-bond acceptors (Lipinski definition) is 3. The fourth-order valence-electron chi connectivity index (χ4n) is 1.60. The van der Waals surface area contributed by atoms with Crippen LogP contribution in [0.4, 0.5) is 0 Å². The Morgan fingerprint density at radius 2 is 1.73 bits per heavy atom. The molecule has 1 nitrogen and oxygen atoms in total. The summed E-state index contributed by atoms with van der Waals surface area (Å²) in [6.07, 6.45) is 1.17. The minimum atomic E-state index is 0.377. The Labute approximate surface area is 98.8 Å². The van der Waals surface area contributed by atoms with E-state index >= 15 is 0 Å². The van der Waals surface area contributed by atoms with E-state index in [4.69, 9.17) is 0 Å². The summed E-state index contributed by atoms with van der Waals surface area (Å²) in [7, 11) is 0. The SMILES string of the molecule is CCCNC(c1ccsc1)c1ccsc1. The zero-order chi connectivity index (χ0) is 10.5. The van der Waals surface area contributed by atoms with Gasteiger partial charge < -0.3 is 5.32 Å². The lowest BCUT2D eigenvalue weighted by Crippen LogP contribution is -2.22. The first-order chi connectivity index (χ1) is 7.42. The molecule has 0 saturated carbocycles. The molecule has 2 aromatic rings. The predicted molar refractivity (Wildman–Crippen MR) is 68.8 cm³/mol. The van der Waals surface area contributed by atoms with Gasteiger partial charge in [-0.05, 0) is 57.7 Å². The molecule has 0 fully saturated rings. The van der Waals surface area contributed by atoms with Gasteiger partial charge in [0.1, 0.15) is 0 Å². The largest absolute Gasteiger partial charge is 0.306 e. The van der Waals surface area contributed by atoms with Crippen molar-refractivity contribution in [3.8, 4) is 0 Å². The lowest BCUT2D eigenvalue weighted by atomic mass is 10.0. The number of thiophene rings is 2. The molecule has 2 rings (SSSR count). The van der Waals surface area contributed by atoms with Gasteiger partial charge in [0.05, 0.1) is 6.04 Å². The second kappa shape index (κ2) is 5.45. The molecule has 80 valence electrons. The molecule has 0 saturated heterocycles. The summed E-state index contributed by atoms with van der Waals surface area (Å²) in [5, 5.41) is 12.3. The van der Waals surface area contributed by atoms with Crippen LogP contribution in [0.25, 0.3) is 0 Å². The third-order valence-electron chi connectivity index (χ3n) is 2.35. The van der Waals surface area contributed by atoms with Crippen LogP contribution >= 0.6 is 22.7 Å². The highest BCUT2D eigenvalue weighted by Crippen LogP contribution is 2.25. The summed E-state index contributed by atoms with van der Waals surface area (Å²) >= 11 is 3.52. The fourth-order valence-corrected chi connectivity index (χ4v) is 2.97. The maximum Gasteiger partial charge on any atom is 0.0593 e. The van der Waals surface area contributed by atoms with Gasteiger partial charge in [0, 0.05) is 0 Å². The maximum atomic E-state index is 3.59. The molecule has 0 aliphatic rings. The third kappa shape index (κ3) is 2.68. The van der Waals surface area contributed by atoms with Crippen LogP contribution in [0.15, 0.2) is 33.7 Å². The van der Waals surface area contributed by atoms with Gasteiger partial charge in [-0.25, -0.2) is 0 Å². The minimum Gasteiger partial charge on any atom is -0.306 e. The van der Waals surface area contributed by atoms with Crippen molar-refractivity contribution in [3.05, 3.63) is 44.8 Å². The number of nitrogens with one attached hydrogen (secondary N) is 1. The summed E-state index contributed by atoms with van der Waals surface area (Å²) < 4.78 is 0. The van der Waals surface area contributed by atoms with Crippen molar-refractivity contribution in [2.75, 3.05) is 6.54 Å². The molecule has 0 spiro atoms. The van der Waals surface area contributed by atoms with E-state index in [0.29, 0.717) is 6.04 Å². The molecule has 0 aromatic carbocycles. The van der Waals surface area contributed by atoms with E-state index in [1.54, 1.807) is 22.7 Å². The Balaban J connectivity index is 2.17. The van der Waals surface area contributed by atoms with Crippen molar-refractivity contribution in [3.63, 3.8) is 0 Å². The van der Waals surface area contributed by atoms with E-state index in [-0.39, 0.29) is 0 Å². The zero-order valence-electron chi connectivity index (χ0n) is 8.77. The van der Waals surface area contributed by atoms with Gasteiger partial charge in [-0.1, -0.05) is 6.92 Å². The molecule has 15 heavy (non-hydrogen) atoms. The highest BCUT2D eigenvalue weighted by molar-refractivity contribution is 7.08. The normalized spacial score (nSPS) is 11.1. The first-order valence-corrected chi connectivity index (χ1v) is 7.08. The van der Waals surface area contributed by atoms with Crippen molar-refractivity contribution in [2.24, 2.45) is 0 Å². The molecule has 0 aliphatic heterocycles. The van der Waals surface area contributed by atoms with Crippen LogP contribution in [0.2, 0.25) is 0 Å². The van der Waals surface area contributed by atoms with Crippen LogP contribution in [-0.2, 0) is 0 Å². The van der Waals surface area contributed by atoms with Crippen molar-refractivity contribution in [1.82, 2.24) is 5.32 Å². The smallest absolute Gasteiger partial charge is 0.0593 e. The molecule has 1 N–H and O–H groups in total. The molecule has 0 radical (unpaired) electrons. The quantitative estimate of drug-likeness (QED) is 0.831. The predicted octanol–water partition coefficient (Wildman–Crippen LogP) is 3.90. The topological polar surface area (TPSA) is 12.0 Å². The van der Waals surface area contributed by atoms with Crippen molar-refractivity contribution < 1.29 is 0 Å². The molecule has 0 aliphatic carbocycles. The molecule has 2 aromatic heterocycles. The van der Waals surface area contributed by atoms with Crippen molar-refractivity contribution >= 4 is 22.7 Å². The Morgan fingerprint density at radius 3 is 2.13 bits per heavy atom. The zero-order valence-corrected chi connectivity index (χ0v) is 10.4. The van der Waals surface area contributed by atoms with Gasteiger partial charge in [0.25, 0.3) is 0 Å². The van der Waals surface area contributed by atoms with Gasteiger partial charge in [0.15, 0.2) is 0 Å². The van der Waals surface area contributed by atoms with Crippen LogP contribution in [0, 0.1) is 0 Å². The summed E-state index contributed by atoms with van der Waals surface area (Å²) in [4.78, 5) is 0. The van der Waals surface area contributed by atoms with E-state index in [2.05, 4.69) is 45.9 Å². The highest BCUT2D eigenvalue weighted by atomic mass is 32.1. The van der Waals surface area contributed by atoms with Crippen LogP contribution < -0.4 is 5.32 Å². The lowest BCUT2D eigenvalue weighted by Gasteiger charge is -2.16. The van der Waals surface area contributed by atoms with Crippen LogP contribution in [0.5, 0.6) is 0 Å². The minimum absolute atomic E-state index is 0.377. The van der Waals surface area contributed by atoms with E-state index in [0.717, 1.165) is 6.54 Å². The van der Waals surface area contributed by atoms with Crippen molar-refractivity contribution in [1.29, 1.82) is 0 Å². The first-order valence-electron chi connectivity index (χ1n) is 5.19. The second-order valence-corrected chi connectivity index (χ2v) is 5.06. The number of rotatable bonds is 5. The summed E-state index contributed by atoms with van der Waals surface area (Å²) in [6, 6.07) is 4.79. The van der Waals surface area contributed by atoms with Gasteiger partial charge in [-0.3, -0.25) is 0 Å². The van der Waals surface area contributed by atoms with Gasteiger partial charge >= 0.3 is 0 Å². The molecule has 2 heterocycles. The highest BCUT2D eigenvalue weighted by Gasteiger charge is 2.13. The first kappa shape index (κ1) is 10.9. The van der Waals surface area contributed by atoms with Crippen LogP contribution in [-0.4, -0.2) is 6.54 Å². The summed E-state index contributed by atoms with van der Waals surface area (Å²) in [5.41, 5.74) is 2.76. The molecule has 0 amide bonds. The fraction of sp³-hybridized carbons (Fsp3) is 0.333. The molecule has 0 unspecified atom stereocenters. The summed E-state index contributed by atoms with van der Waals surface area (Å²) in [5.74, 6) is 0. The Morgan fingerprint density at radius 1 is 1.13 bits per heavy atom. The standard InChI is InChI=1S/C12H15NS2/c1-2-5-13-12(10-3-6-14-8-10)11-4-7-15-9-11/h3-4,6-9,12-13H,2,5H2,1H3. The third-order valence-corrected chi connectivity index (χ3v) is 3.75. The lowest BCUT2D eigenvalue weighted by molar-refractivity contribution is 0.601. The Bertz CT molecular complexity index is 330. The van der Waals surface area contributed by atoms with Gasteiger partial charge in [0.2, 0.25) is 0 Å². The van der Waals surface area contributed by atoms with Gasteiger partial charge in [-0.2, -0.15) is 22.7 Å². The average Bonchev–Trinajstić information content (AvgIpc) is 2.90. The summed E-state index contributed by atoms with van der Waals surface area (Å²) in [6.45, 7) is 3.27. The van der Waals surface area contributed by atoms with Crippen LogP contribution in [0.1, 0.15) is 30.5 Å².